The summed E-state index contributed by atoms with van der Waals surface area (Å²) in [6, 6.07) is 13.7. The largest absolute Gasteiger partial charge is 0.484 e. The third kappa shape index (κ3) is 4.68. The van der Waals surface area contributed by atoms with Crippen molar-refractivity contribution in [2.45, 2.75) is 0 Å². The number of hydrogen-bond acceptors (Lipinski definition) is 3. The summed E-state index contributed by atoms with van der Waals surface area (Å²) >= 11 is 11.8. The molecule has 0 saturated carbocycles. The van der Waals surface area contributed by atoms with Crippen molar-refractivity contribution in [3.8, 4) is 5.75 Å². The average Bonchev–Trinajstić information content (AvgIpc) is 2.67. The summed E-state index contributed by atoms with van der Waals surface area (Å²) in [5.74, 6) is 0.421. The van der Waals surface area contributed by atoms with Gasteiger partial charge in [-0.1, -0.05) is 29.3 Å². The summed E-state index contributed by atoms with van der Waals surface area (Å²) in [5, 5.41) is 1.15. The molecule has 0 aromatic heterocycles. The van der Waals surface area contributed by atoms with Crippen molar-refractivity contribution >= 4 is 35.0 Å². The number of nitrogens with zero attached hydrogens (tertiary/aromatic N) is 2. The molecule has 1 aliphatic heterocycles. The van der Waals surface area contributed by atoms with Crippen molar-refractivity contribution in [3.05, 3.63) is 64.1 Å². The first-order valence-corrected chi connectivity index (χ1v) is 8.99. The van der Waals surface area contributed by atoms with Gasteiger partial charge >= 0.3 is 0 Å². The maximum atomic E-state index is 12.5. The van der Waals surface area contributed by atoms with Crippen LogP contribution < -0.4 is 4.74 Å². The van der Waals surface area contributed by atoms with Crippen molar-refractivity contribution in [1.82, 2.24) is 9.80 Å². The summed E-state index contributed by atoms with van der Waals surface area (Å²) < 4.78 is 5.49. The Bertz CT molecular complexity index is 788. The highest BCUT2D eigenvalue weighted by Gasteiger charge is 2.25. The normalized spacial score (nSPS) is 14.2. The summed E-state index contributed by atoms with van der Waals surface area (Å²) in [6.45, 7) is 1.89. The second-order valence-electron chi connectivity index (χ2n) is 5.93. The summed E-state index contributed by atoms with van der Waals surface area (Å²) in [6.07, 6.45) is 0. The molecular formula is C19H18Cl2N2O3. The van der Waals surface area contributed by atoms with Crippen LogP contribution in [0.1, 0.15) is 10.4 Å². The Hall–Kier alpha value is -2.24. The van der Waals surface area contributed by atoms with E-state index in [9.17, 15) is 9.59 Å². The van der Waals surface area contributed by atoms with Crippen LogP contribution in [0.25, 0.3) is 0 Å². The minimum absolute atomic E-state index is 0.0378. The lowest BCUT2D eigenvalue weighted by atomic mass is 10.2. The predicted octanol–water partition coefficient (Wildman–Crippen LogP) is 3.36. The molecule has 0 radical (unpaired) electrons. The molecule has 0 bridgehead atoms. The van der Waals surface area contributed by atoms with Gasteiger partial charge in [-0.25, -0.2) is 0 Å². The van der Waals surface area contributed by atoms with E-state index in [1.54, 1.807) is 58.3 Å². The smallest absolute Gasteiger partial charge is 0.260 e. The number of rotatable bonds is 4. The van der Waals surface area contributed by atoms with Gasteiger partial charge in [-0.15, -0.1) is 0 Å². The topological polar surface area (TPSA) is 49.9 Å². The molecule has 26 heavy (non-hydrogen) atoms. The number of ether oxygens (including phenoxy) is 1. The highest BCUT2D eigenvalue weighted by molar-refractivity contribution is 6.31. The lowest BCUT2D eigenvalue weighted by molar-refractivity contribution is -0.134. The van der Waals surface area contributed by atoms with Crippen molar-refractivity contribution in [2.75, 3.05) is 32.8 Å². The number of halogens is 2. The van der Waals surface area contributed by atoms with Gasteiger partial charge in [0, 0.05) is 41.8 Å². The van der Waals surface area contributed by atoms with E-state index < -0.39 is 0 Å². The van der Waals surface area contributed by atoms with Gasteiger partial charge in [0.05, 0.1) is 0 Å². The first-order valence-electron chi connectivity index (χ1n) is 8.24. The molecule has 2 amide bonds. The molecule has 7 heteroatoms. The number of piperazine rings is 1. The number of carbonyl (C=O) groups excluding carboxylic acids is 2. The molecule has 1 heterocycles. The molecular weight excluding hydrogens is 375 g/mol. The minimum Gasteiger partial charge on any atom is -0.484 e. The van der Waals surface area contributed by atoms with Crippen LogP contribution in [-0.2, 0) is 4.79 Å². The van der Waals surface area contributed by atoms with Gasteiger partial charge in [0.2, 0.25) is 0 Å². The van der Waals surface area contributed by atoms with Crippen molar-refractivity contribution < 1.29 is 14.3 Å². The Balaban J connectivity index is 1.49. The fraction of sp³-hybridized carbons (Fsp3) is 0.263. The van der Waals surface area contributed by atoms with Gasteiger partial charge in [0.1, 0.15) is 5.75 Å². The molecule has 0 unspecified atom stereocenters. The van der Waals surface area contributed by atoms with Crippen molar-refractivity contribution in [2.24, 2.45) is 0 Å². The van der Waals surface area contributed by atoms with Crippen LogP contribution in [0, 0.1) is 0 Å². The molecule has 2 aromatic carbocycles. The zero-order valence-corrected chi connectivity index (χ0v) is 15.5. The standard InChI is InChI=1S/C19H18Cl2N2O3/c20-15-4-6-17(7-5-15)26-13-18(24)22-8-10-23(11-9-22)19(25)14-2-1-3-16(21)12-14/h1-7,12H,8-11,13H2. The van der Waals surface area contributed by atoms with Crippen LogP contribution >= 0.6 is 23.2 Å². The van der Waals surface area contributed by atoms with Crippen LogP contribution in [0.3, 0.4) is 0 Å². The summed E-state index contributed by atoms with van der Waals surface area (Å²) in [5.41, 5.74) is 0.559. The molecule has 0 atom stereocenters. The van der Waals surface area contributed by atoms with Gasteiger partial charge in [0.15, 0.2) is 6.61 Å². The van der Waals surface area contributed by atoms with Crippen LogP contribution in [0.15, 0.2) is 48.5 Å². The van der Waals surface area contributed by atoms with E-state index in [0.717, 1.165) is 0 Å². The third-order valence-electron chi connectivity index (χ3n) is 4.17. The number of amides is 2. The van der Waals surface area contributed by atoms with E-state index >= 15 is 0 Å². The van der Waals surface area contributed by atoms with E-state index in [2.05, 4.69) is 0 Å². The Labute approximate surface area is 162 Å². The summed E-state index contributed by atoms with van der Waals surface area (Å²) in [7, 11) is 0. The van der Waals surface area contributed by atoms with Gasteiger partial charge < -0.3 is 14.5 Å². The Morgan fingerprint density at radius 3 is 2.19 bits per heavy atom. The van der Waals surface area contributed by atoms with Gasteiger partial charge in [-0.2, -0.15) is 0 Å². The van der Waals surface area contributed by atoms with E-state index in [-0.39, 0.29) is 18.4 Å². The second-order valence-corrected chi connectivity index (χ2v) is 6.80. The van der Waals surface area contributed by atoms with Crippen LogP contribution in [0.4, 0.5) is 0 Å². The first kappa shape index (κ1) is 18.5. The van der Waals surface area contributed by atoms with E-state index in [1.807, 2.05) is 0 Å². The number of hydrogen-bond donors (Lipinski definition) is 0. The Morgan fingerprint density at radius 1 is 0.885 bits per heavy atom. The van der Waals surface area contributed by atoms with Crippen molar-refractivity contribution in [1.29, 1.82) is 0 Å². The lowest BCUT2D eigenvalue weighted by Crippen LogP contribution is -2.51. The van der Waals surface area contributed by atoms with Crippen LogP contribution in [0.5, 0.6) is 5.75 Å². The molecule has 5 nitrogen and oxygen atoms in total. The van der Waals surface area contributed by atoms with E-state index in [4.69, 9.17) is 27.9 Å². The van der Waals surface area contributed by atoms with E-state index in [1.165, 1.54) is 0 Å². The zero-order chi connectivity index (χ0) is 18.5. The molecule has 1 fully saturated rings. The molecule has 2 aromatic rings. The lowest BCUT2D eigenvalue weighted by Gasteiger charge is -2.34. The SMILES string of the molecule is O=C(COc1ccc(Cl)cc1)N1CCN(C(=O)c2cccc(Cl)c2)CC1. The molecule has 0 N–H and O–H groups in total. The quantitative estimate of drug-likeness (QED) is 0.801. The molecule has 1 saturated heterocycles. The molecule has 0 aliphatic carbocycles. The van der Waals surface area contributed by atoms with E-state index in [0.29, 0.717) is 47.5 Å². The van der Waals surface area contributed by atoms with Gasteiger partial charge in [0.25, 0.3) is 11.8 Å². The van der Waals surface area contributed by atoms with Gasteiger partial charge in [-0.3, -0.25) is 9.59 Å². The summed E-state index contributed by atoms with van der Waals surface area (Å²) in [4.78, 5) is 28.2. The molecule has 0 spiro atoms. The monoisotopic (exact) mass is 392 g/mol. The minimum atomic E-state index is -0.102. The molecule has 1 aliphatic rings. The van der Waals surface area contributed by atoms with Gasteiger partial charge in [-0.05, 0) is 42.5 Å². The van der Waals surface area contributed by atoms with Crippen LogP contribution in [0.2, 0.25) is 10.0 Å². The maximum Gasteiger partial charge on any atom is 0.260 e. The van der Waals surface area contributed by atoms with Crippen LogP contribution in [-0.4, -0.2) is 54.4 Å². The first-order chi connectivity index (χ1) is 12.5. The average molecular weight is 393 g/mol. The fourth-order valence-corrected chi connectivity index (χ4v) is 3.05. The Morgan fingerprint density at radius 2 is 1.54 bits per heavy atom. The highest BCUT2D eigenvalue weighted by atomic mass is 35.5. The number of carbonyl (C=O) groups is 2. The zero-order valence-electron chi connectivity index (χ0n) is 14.0. The highest BCUT2D eigenvalue weighted by Crippen LogP contribution is 2.16. The Kier molecular flexibility index (Phi) is 6.01. The second kappa shape index (κ2) is 8.43. The maximum absolute atomic E-state index is 12.5. The number of benzene rings is 2. The third-order valence-corrected chi connectivity index (χ3v) is 4.65. The van der Waals surface area contributed by atoms with Crippen molar-refractivity contribution in [3.63, 3.8) is 0 Å². The molecule has 136 valence electrons. The molecule has 3 rings (SSSR count). The predicted molar refractivity (Wildman–Crippen MR) is 101 cm³/mol. The fourth-order valence-electron chi connectivity index (χ4n) is 2.73.